The van der Waals surface area contributed by atoms with Crippen LogP contribution in [0, 0.1) is 0 Å². The van der Waals surface area contributed by atoms with Crippen LogP contribution in [0.5, 0.6) is 5.88 Å². The van der Waals surface area contributed by atoms with Crippen LogP contribution in [0.3, 0.4) is 0 Å². The normalized spacial score (nSPS) is 12.2. The van der Waals surface area contributed by atoms with Gasteiger partial charge in [0.05, 0.1) is 7.11 Å². The van der Waals surface area contributed by atoms with Gasteiger partial charge in [-0.05, 0) is 20.3 Å². The zero-order valence-corrected chi connectivity index (χ0v) is 10.4. The van der Waals surface area contributed by atoms with Crippen molar-refractivity contribution in [3.05, 3.63) is 6.33 Å². The minimum Gasteiger partial charge on any atom is -0.479 e. The second kappa shape index (κ2) is 5.53. The summed E-state index contributed by atoms with van der Waals surface area (Å²) in [6.45, 7) is 7.24. The van der Waals surface area contributed by atoms with E-state index >= 15 is 0 Å². The molecular weight excluding hydrogens is 204 g/mol. The van der Waals surface area contributed by atoms with Gasteiger partial charge in [0.25, 0.3) is 0 Å². The van der Waals surface area contributed by atoms with Gasteiger partial charge in [-0.25, -0.2) is 4.98 Å². The molecule has 0 aliphatic rings. The molecule has 5 nitrogen and oxygen atoms in total. The lowest BCUT2D eigenvalue weighted by Gasteiger charge is -2.29. The van der Waals surface area contributed by atoms with E-state index in [2.05, 4.69) is 35.6 Å². The average Bonchev–Trinajstić information content (AvgIpc) is 2.31. The summed E-state index contributed by atoms with van der Waals surface area (Å²) < 4.78 is 5.09. The first-order valence-corrected chi connectivity index (χ1v) is 5.56. The molecular formula is C11H20N4O. The van der Waals surface area contributed by atoms with Crippen molar-refractivity contribution in [3.8, 4) is 5.88 Å². The fraction of sp³-hybridized carbons (Fsp3) is 0.636. The number of methoxy groups -OCH3 is 1. The number of anilines is 2. The highest BCUT2D eigenvalue weighted by molar-refractivity contribution is 5.68. The van der Waals surface area contributed by atoms with Crippen molar-refractivity contribution in [2.24, 2.45) is 0 Å². The van der Waals surface area contributed by atoms with Crippen molar-refractivity contribution in [1.29, 1.82) is 0 Å². The third kappa shape index (κ3) is 2.35. The molecule has 0 spiro atoms. The number of ether oxygens (including phenoxy) is 1. The van der Waals surface area contributed by atoms with Crippen LogP contribution in [-0.2, 0) is 0 Å². The number of hydrogen-bond acceptors (Lipinski definition) is 5. The number of rotatable bonds is 5. The second-order valence-electron chi connectivity index (χ2n) is 3.66. The SMILES string of the molecule is CCC(C)N(CC)c1ncnc(OC)c1N. The van der Waals surface area contributed by atoms with Gasteiger partial charge in [-0.1, -0.05) is 6.92 Å². The lowest BCUT2D eigenvalue weighted by atomic mass is 10.2. The summed E-state index contributed by atoms with van der Waals surface area (Å²) in [5.41, 5.74) is 6.48. The summed E-state index contributed by atoms with van der Waals surface area (Å²) in [5.74, 6) is 1.19. The Labute approximate surface area is 96.6 Å². The summed E-state index contributed by atoms with van der Waals surface area (Å²) in [6, 6.07) is 0.395. The van der Waals surface area contributed by atoms with Crippen molar-refractivity contribution in [2.75, 3.05) is 24.3 Å². The first-order chi connectivity index (χ1) is 7.65. The molecule has 5 heteroatoms. The van der Waals surface area contributed by atoms with Crippen LogP contribution in [0.4, 0.5) is 11.5 Å². The first kappa shape index (κ1) is 12.5. The molecule has 0 amide bonds. The Bertz CT molecular complexity index is 343. The molecule has 1 rings (SSSR count). The van der Waals surface area contributed by atoms with Crippen LogP contribution >= 0.6 is 0 Å². The van der Waals surface area contributed by atoms with Crippen LogP contribution in [0.25, 0.3) is 0 Å². The minimum absolute atomic E-state index is 0.395. The quantitative estimate of drug-likeness (QED) is 0.824. The van der Waals surface area contributed by atoms with E-state index in [-0.39, 0.29) is 0 Å². The van der Waals surface area contributed by atoms with Crippen LogP contribution in [0.2, 0.25) is 0 Å². The molecule has 2 N–H and O–H groups in total. The maximum absolute atomic E-state index is 5.97. The van der Waals surface area contributed by atoms with Crippen molar-refractivity contribution in [1.82, 2.24) is 9.97 Å². The summed E-state index contributed by atoms with van der Waals surface area (Å²) in [4.78, 5) is 10.4. The third-order valence-electron chi connectivity index (χ3n) is 2.76. The predicted molar refractivity (Wildman–Crippen MR) is 65.8 cm³/mol. The Kier molecular flexibility index (Phi) is 4.34. The fourth-order valence-electron chi connectivity index (χ4n) is 1.65. The Balaban J connectivity index is 3.10. The largest absolute Gasteiger partial charge is 0.479 e. The van der Waals surface area contributed by atoms with E-state index in [1.807, 2.05) is 0 Å². The van der Waals surface area contributed by atoms with E-state index < -0.39 is 0 Å². The molecule has 0 fully saturated rings. The van der Waals surface area contributed by atoms with Gasteiger partial charge in [-0.2, -0.15) is 4.98 Å². The van der Waals surface area contributed by atoms with E-state index in [4.69, 9.17) is 10.5 Å². The summed E-state index contributed by atoms with van der Waals surface area (Å²) in [7, 11) is 1.56. The molecule has 1 unspecified atom stereocenters. The van der Waals surface area contributed by atoms with E-state index in [1.54, 1.807) is 7.11 Å². The Morgan fingerprint density at radius 1 is 1.44 bits per heavy atom. The molecule has 1 aromatic rings. The van der Waals surface area contributed by atoms with Crippen molar-refractivity contribution < 1.29 is 4.74 Å². The molecule has 1 aromatic heterocycles. The van der Waals surface area contributed by atoms with E-state index in [1.165, 1.54) is 6.33 Å². The maximum atomic E-state index is 5.97. The predicted octanol–water partition coefficient (Wildman–Crippen LogP) is 1.69. The standard InChI is InChI=1S/C11H20N4O/c1-5-8(3)15(6-2)10-9(12)11(16-4)14-7-13-10/h7-8H,5-6,12H2,1-4H3. The molecule has 0 bridgehead atoms. The van der Waals surface area contributed by atoms with Gasteiger partial charge in [0.15, 0.2) is 5.82 Å². The molecule has 1 atom stereocenters. The summed E-state index contributed by atoms with van der Waals surface area (Å²) in [6.07, 6.45) is 2.52. The van der Waals surface area contributed by atoms with Crippen LogP contribution < -0.4 is 15.4 Å². The van der Waals surface area contributed by atoms with Crippen LogP contribution in [-0.4, -0.2) is 29.7 Å². The molecule has 0 radical (unpaired) electrons. The van der Waals surface area contributed by atoms with Gasteiger partial charge in [0, 0.05) is 12.6 Å². The Hall–Kier alpha value is -1.52. The highest BCUT2D eigenvalue weighted by Crippen LogP contribution is 2.28. The molecule has 0 aliphatic carbocycles. The summed E-state index contributed by atoms with van der Waals surface area (Å²) >= 11 is 0. The maximum Gasteiger partial charge on any atom is 0.242 e. The van der Waals surface area contributed by atoms with Gasteiger partial charge in [-0.15, -0.1) is 0 Å². The zero-order chi connectivity index (χ0) is 12.1. The summed E-state index contributed by atoms with van der Waals surface area (Å²) in [5, 5.41) is 0. The number of aromatic nitrogens is 2. The Morgan fingerprint density at radius 3 is 2.62 bits per heavy atom. The average molecular weight is 224 g/mol. The van der Waals surface area contributed by atoms with Crippen molar-refractivity contribution in [3.63, 3.8) is 0 Å². The van der Waals surface area contributed by atoms with Gasteiger partial charge < -0.3 is 15.4 Å². The minimum atomic E-state index is 0.395. The number of nitrogens with zero attached hydrogens (tertiary/aromatic N) is 3. The molecule has 0 aromatic carbocycles. The molecule has 0 saturated heterocycles. The van der Waals surface area contributed by atoms with Gasteiger partial charge in [0.1, 0.15) is 12.0 Å². The molecule has 16 heavy (non-hydrogen) atoms. The lowest BCUT2D eigenvalue weighted by molar-refractivity contribution is 0.399. The smallest absolute Gasteiger partial charge is 0.242 e. The third-order valence-corrected chi connectivity index (χ3v) is 2.76. The molecule has 90 valence electrons. The zero-order valence-electron chi connectivity index (χ0n) is 10.4. The van der Waals surface area contributed by atoms with Gasteiger partial charge in [-0.3, -0.25) is 0 Å². The second-order valence-corrected chi connectivity index (χ2v) is 3.66. The molecule has 0 aliphatic heterocycles. The van der Waals surface area contributed by atoms with Crippen LogP contribution in [0.1, 0.15) is 27.2 Å². The highest BCUT2D eigenvalue weighted by atomic mass is 16.5. The molecule has 0 saturated carbocycles. The molecule has 1 heterocycles. The van der Waals surface area contributed by atoms with E-state index in [9.17, 15) is 0 Å². The van der Waals surface area contributed by atoms with Gasteiger partial charge >= 0.3 is 0 Å². The number of nitrogen functional groups attached to an aromatic ring is 1. The highest BCUT2D eigenvalue weighted by Gasteiger charge is 2.17. The van der Waals surface area contributed by atoms with Crippen LogP contribution in [0.15, 0.2) is 6.33 Å². The number of nitrogens with two attached hydrogens (primary N) is 1. The fourth-order valence-corrected chi connectivity index (χ4v) is 1.65. The lowest BCUT2D eigenvalue weighted by Crippen LogP contribution is -2.33. The van der Waals surface area contributed by atoms with Crippen molar-refractivity contribution >= 4 is 11.5 Å². The van der Waals surface area contributed by atoms with Crippen molar-refractivity contribution in [2.45, 2.75) is 33.2 Å². The van der Waals surface area contributed by atoms with E-state index in [0.717, 1.165) is 18.8 Å². The number of hydrogen-bond donors (Lipinski definition) is 1. The first-order valence-electron chi connectivity index (χ1n) is 5.56. The van der Waals surface area contributed by atoms with E-state index in [0.29, 0.717) is 17.6 Å². The monoisotopic (exact) mass is 224 g/mol. The topological polar surface area (TPSA) is 64.3 Å². The van der Waals surface area contributed by atoms with Gasteiger partial charge in [0.2, 0.25) is 5.88 Å². The Morgan fingerprint density at radius 2 is 2.12 bits per heavy atom.